The highest BCUT2D eigenvalue weighted by atomic mass is 79.9. The van der Waals surface area contributed by atoms with E-state index in [1.165, 1.54) is 4.90 Å². The van der Waals surface area contributed by atoms with E-state index in [0.29, 0.717) is 16.8 Å². The summed E-state index contributed by atoms with van der Waals surface area (Å²) in [5, 5.41) is 3.16. The first-order chi connectivity index (χ1) is 13.5. The highest BCUT2D eigenvalue weighted by Crippen LogP contribution is 2.34. The maximum absolute atomic E-state index is 13.3. The molecule has 1 N–H and O–H groups in total. The predicted molar refractivity (Wildman–Crippen MR) is 115 cm³/mol. The Morgan fingerprint density at radius 1 is 0.821 bits per heavy atom. The third kappa shape index (κ3) is 3.37. The average molecular weight is 433 g/mol. The number of imide groups is 1. The maximum Gasteiger partial charge on any atom is 0.282 e. The Morgan fingerprint density at radius 2 is 1.57 bits per heavy atom. The van der Waals surface area contributed by atoms with Crippen molar-refractivity contribution in [2.45, 2.75) is 6.92 Å². The molecule has 3 aromatic rings. The van der Waals surface area contributed by atoms with Crippen LogP contribution < -0.4 is 10.2 Å². The summed E-state index contributed by atoms with van der Waals surface area (Å²) in [5.41, 5.74) is 3.61. The molecule has 0 fully saturated rings. The third-order valence-electron chi connectivity index (χ3n) is 4.50. The first-order valence-electron chi connectivity index (χ1n) is 8.82. The number of amides is 2. The first-order valence-corrected chi connectivity index (χ1v) is 9.61. The van der Waals surface area contributed by atoms with Crippen LogP contribution in [0.1, 0.15) is 11.1 Å². The van der Waals surface area contributed by atoms with Gasteiger partial charge in [0.2, 0.25) is 0 Å². The van der Waals surface area contributed by atoms with Gasteiger partial charge in [0.1, 0.15) is 5.70 Å². The number of benzene rings is 3. The minimum absolute atomic E-state index is 0.274. The van der Waals surface area contributed by atoms with Crippen molar-refractivity contribution < 1.29 is 9.59 Å². The Hall–Kier alpha value is -3.18. The quantitative estimate of drug-likeness (QED) is 0.579. The molecule has 28 heavy (non-hydrogen) atoms. The van der Waals surface area contributed by atoms with Crippen molar-refractivity contribution in [3.63, 3.8) is 0 Å². The topological polar surface area (TPSA) is 49.4 Å². The summed E-state index contributed by atoms with van der Waals surface area (Å²) in [4.78, 5) is 27.8. The van der Waals surface area contributed by atoms with Gasteiger partial charge >= 0.3 is 0 Å². The summed E-state index contributed by atoms with van der Waals surface area (Å²) in [5.74, 6) is -0.700. The molecular formula is C23H17BrN2O2. The van der Waals surface area contributed by atoms with E-state index in [1.807, 2.05) is 79.7 Å². The van der Waals surface area contributed by atoms with E-state index in [4.69, 9.17) is 0 Å². The van der Waals surface area contributed by atoms with Crippen molar-refractivity contribution in [2.75, 3.05) is 10.2 Å². The second-order valence-electron chi connectivity index (χ2n) is 6.54. The average Bonchev–Trinajstić information content (AvgIpc) is 2.92. The van der Waals surface area contributed by atoms with Crippen molar-refractivity contribution in [1.29, 1.82) is 0 Å². The highest BCUT2D eigenvalue weighted by Gasteiger charge is 2.40. The number of nitrogens with zero attached hydrogens (tertiary/aromatic N) is 1. The number of aryl methyl sites for hydroxylation is 1. The van der Waals surface area contributed by atoms with Crippen LogP contribution in [-0.4, -0.2) is 11.8 Å². The van der Waals surface area contributed by atoms with Crippen LogP contribution in [0.2, 0.25) is 0 Å². The summed E-state index contributed by atoms with van der Waals surface area (Å²) in [6.45, 7) is 1.93. The van der Waals surface area contributed by atoms with Gasteiger partial charge in [-0.05, 0) is 48.4 Å². The molecule has 1 heterocycles. The van der Waals surface area contributed by atoms with E-state index in [2.05, 4.69) is 21.2 Å². The Bertz CT molecular complexity index is 1110. The van der Waals surface area contributed by atoms with E-state index < -0.39 is 0 Å². The minimum atomic E-state index is -0.366. The fourth-order valence-corrected chi connectivity index (χ4v) is 3.63. The summed E-state index contributed by atoms with van der Waals surface area (Å²) in [6, 6.07) is 24.1. The molecule has 138 valence electrons. The molecule has 2 amide bonds. The number of rotatable bonds is 4. The lowest BCUT2D eigenvalue weighted by Crippen LogP contribution is -2.32. The SMILES string of the molecule is Cc1cccc(N2C(=O)C(Nc3cccc(Br)c3)=C(c3ccccc3)C2=O)c1. The molecule has 3 aromatic carbocycles. The molecule has 0 aromatic heterocycles. The van der Waals surface area contributed by atoms with Gasteiger partial charge in [0.15, 0.2) is 0 Å². The number of carbonyl (C=O) groups is 2. The number of hydrogen-bond donors (Lipinski definition) is 1. The molecule has 0 saturated heterocycles. The molecule has 0 unspecified atom stereocenters. The molecule has 5 heteroatoms. The number of halogens is 1. The van der Waals surface area contributed by atoms with Gasteiger partial charge in [0, 0.05) is 10.2 Å². The monoisotopic (exact) mass is 432 g/mol. The minimum Gasteiger partial charge on any atom is -0.350 e. The van der Waals surface area contributed by atoms with Crippen LogP contribution in [-0.2, 0) is 9.59 Å². The van der Waals surface area contributed by atoms with Gasteiger partial charge in [-0.25, -0.2) is 4.90 Å². The first kappa shape index (κ1) is 18.2. The fraction of sp³-hybridized carbons (Fsp3) is 0.0435. The van der Waals surface area contributed by atoms with Crippen LogP contribution in [0.5, 0.6) is 0 Å². The van der Waals surface area contributed by atoms with Gasteiger partial charge in [-0.2, -0.15) is 0 Å². The zero-order valence-corrected chi connectivity index (χ0v) is 16.7. The van der Waals surface area contributed by atoms with Gasteiger partial charge in [0.05, 0.1) is 11.3 Å². The normalized spacial score (nSPS) is 14.0. The van der Waals surface area contributed by atoms with E-state index in [9.17, 15) is 9.59 Å². The lowest BCUT2D eigenvalue weighted by atomic mass is 10.0. The molecule has 4 rings (SSSR count). The second-order valence-corrected chi connectivity index (χ2v) is 7.45. The third-order valence-corrected chi connectivity index (χ3v) is 4.99. The van der Waals surface area contributed by atoms with Gasteiger partial charge in [0.25, 0.3) is 11.8 Å². The Balaban J connectivity index is 1.83. The van der Waals surface area contributed by atoms with Crippen molar-refractivity contribution >= 4 is 44.7 Å². The summed E-state index contributed by atoms with van der Waals surface area (Å²) < 4.78 is 0.881. The number of carbonyl (C=O) groups excluding carboxylic acids is 2. The molecule has 1 aliphatic rings. The van der Waals surface area contributed by atoms with Crippen LogP contribution in [0.25, 0.3) is 5.57 Å². The van der Waals surface area contributed by atoms with Crippen molar-refractivity contribution in [2.24, 2.45) is 0 Å². The molecule has 1 aliphatic heterocycles. The zero-order chi connectivity index (χ0) is 19.7. The summed E-state index contributed by atoms with van der Waals surface area (Å²) >= 11 is 3.44. The molecule has 0 radical (unpaired) electrons. The van der Waals surface area contributed by atoms with Crippen molar-refractivity contribution in [3.05, 3.63) is 100 Å². The van der Waals surface area contributed by atoms with Crippen LogP contribution in [0.4, 0.5) is 11.4 Å². The van der Waals surface area contributed by atoms with Gasteiger partial charge in [-0.3, -0.25) is 9.59 Å². The number of hydrogen-bond acceptors (Lipinski definition) is 3. The number of anilines is 2. The standard InChI is InChI=1S/C23H17BrN2O2/c1-15-7-5-12-19(13-15)26-22(27)20(16-8-3-2-4-9-16)21(23(26)28)25-18-11-6-10-17(24)14-18/h2-14,25H,1H3. The second kappa shape index (κ2) is 7.44. The Kier molecular flexibility index (Phi) is 4.84. The van der Waals surface area contributed by atoms with Crippen LogP contribution in [0.15, 0.2) is 89.0 Å². The van der Waals surface area contributed by atoms with Gasteiger partial charge in [-0.1, -0.05) is 64.5 Å². The highest BCUT2D eigenvalue weighted by molar-refractivity contribution is 9.10. The molecule has 0 bridgehead atoms. The predicted octanol–water partition coefficient (Wildman–Crippen LogP) is 5.15. The van der Waals surface area contributed by atoms with Crippen LogP contribution >= 0.6 is 15.9 Å². The lowest BCUT2D eigenvalue weighted by Gasteiger charge is -2.16. The zero-order valence-electron chi connectivity index (χ0n) is 15.1. The van der Waals surface area contributed by atoms with Crippen LogP contribution in [0, 0.1) is 6.92 Å². The van der Waals surface area contributed by atoms with Crippen molar-refractivity contribution in [1.82, 2.24) is 0 Å². The van der Waals surface area contributed by atoms with E-state index >= 15 is 0 Å². The summed E-state index contributed by atoms with van der Waals surface area (Å²) in [7, 11) is 0. The molecule has 0 atom stereocenters. The molecular weight excluding hydrogens is 416 g/mol. The van der Waals surface area contributed by atoms with E-state index in [1.54, 1.807) is 6.07 Å². The number of nitrogens with one attached hydrogen (secondary N) is 1. The Labute approximate surface area is 171 Å². The van der Waals surface area contributed by atoms with Gasteiger partial charge in [-0.15, -0.1) is 0 Å². The van der Waals surface area contributed by atoms with Crippen LogP contribution in [0.3, 0.4) is 0 Å². The van der Waals surface area contributed by atoms with Crippen molar-refractivity contribution in [3.8, 4) is 0 Å². The Morgan fingerprint density at radius 3 is 2.29 bits per heavy atom. The molecule has 0 aliphatic carbocycles. The van der Waals surface area contributed by atoms with E-state index in [0.717, 1.165) is 15.7 Å². The molecule has 0 saturated carbocycles. The fourth-order valence-electron chi connectivity index (χ4n) is 3.23. The molecule has 4 nitrogen and oxygen atoms in total. The smallest absolute Gasteiger partial charge is 0.282 e. The molecule has 0 spiro atoms. The van der Waals surface area contributed by atoms with Gasteiger partial charge < -0.3 is 5.32 Å². The largest absolute Gasteiger partial charge is 0.350 e. The van der Waals surface area contributed by atoms with E-state index in [-0.39, 0.29) is 17.5 Å². The lowest BCUT2D eigenvalue weighted by molar-refractivity contribution is -0.120. The maximum atomic E-state index is 13.3. The summed E-state index contributed by atoms with van der Waals surface area (Å²) in [6.07, 6.45) is 0.